The Balaban J connectivity index is 1.87. The first-order valence-electron chi connectivity index (χ1n) is 9.60. The van der Waals surface area contributed by atoms with E-state index < -0.39 is 11.4 Å². The number of ether oxygens (including phenoxy) is 1. The summed E-state index contributed by atoms with van der Waals surface area (Å²) < 4.78 is 7.67. The summed E-state index contributed by atoms with van der Waals surface area (Å²) in [6.07, 6.45) is 1.39. The number of rotatable bonds is 5. The SMILES string of the molecule is Cc1cc(C)cc(-n2cc(C(=O)O)c(=O)c3ccc(OCc4ccccc4)cc32)c1. The van der Waals surface area contributed by atoms with Gasteiger partial charge in [-0.3, -0.25) is 4.79 Å². The lowest BCUT2D eigenvalue weighted by atomic mass is 10.1. The maximum atomic E-state index is 12.7. The van der Waals surface area contributed by atoms with E-state index in [0.29, 0.717) is 23.3 Å². The maximum Gasteiger partial charge on any atom is 0.341 e. The van der Waals surface area contributed by atoms with Gasteiger partial charge in [-0.15, -0.1) is 0 Å². The second-order valence-corrected chi connectivity index (χ2v) is 7.35. The van der Waals surface area contributed by atoms with Gasteiger partial charge in [0.1, 0.15) is 17.9 Å². The molecule has 0 aliphatic heterocycles. The van der Waals surface area contributed by atoms with Gasteiger partial charge in [0, 0.05) is 23.3 Å². The summed E-state index contributed by atoms with van der Waals surface area (Å²) in [5.41, 5.74) is 3.74. The first-order valence-corrected chi connectivity index (χ1v) is 9.60. The largest absolute Gasteiger partial charge is 0.489 e. The molecule has 0 unspecified atom stereocenters. The second-order valence-electron chi connectivity index (χ2n) is 7.35. The molecule has 1 aromatic heterocycles. The Morgan fingerprint density at radius 2 is 1.67 bits per heavy atom. The van der Waals surface area contributed by atoms with Crippen LogP contribution >= 0.6 is 0 Å². The molecule has 5 heteroatoms. The van der Waals surface area contributed by atoms with E-state index in [1.807, 2.05) is 62.4 Å². The van der Waals surface area contributed by atoms with Crippen LogP contribution in [0.2, 0.25) is 0 Å². The molecule has 0 radical (unpaired) electrons. The van der Waals surface area contributed by atoms with Gasteiger partial charge in [0.25, 0.3) is 0 Å². The predicted molar refractivity (Wildman–Crippen MR) is 117 cm³/mol. The van der Waals surface area contributed by atoms with Crippen molar-refractivity contribution in [2.75, 3.05) is 0 Å². The normalized spacial score (nSPS) is 10.9. The minimum atomic E-state index is -1.25. The van der Waals surface area contributed by atoms with Crippen molar-refractivity contribution in [3.05, 3.63) is 105 Å². The molecule has 4 aromatic rings. The van der Waals surface area contributed by atoms with Crippen LogP contribution in [0.25, 0.3) is 16.6 Å². The molecule has 1 heterocycles. The van der Waals surface area contributed by atoms with Crippen molar-refractivity contribution in [2.24, 2.45) is 0 Å². The molecule has 0 fully saturated rings. The van der Waals surface area contributed by atoms with E-state index in [1.54, 1.807) is 22.8 Å². The van der Waals surface area contributed by atoms with E-state index in [0.717, 1.165) is 22.4 Å². The number of nitrogens with zero attached hydrogens (tertiary/aromatic N) is 1. The number of aryl methyl sites for hydroxylation is 2. The van der Waals surface area contributed by atoms with Crippen molar-refractivity contribution in [1.29, 1.82) is 0 Å². The lowest BCUT2D eigenvalue weighted by molar-refractivity contribution is 0.0695. The molecule has 3 aromatic carbocycles. The number of carboxylic acid groups (broad SMARTS) is 1. The van der Waals surface area contributed by atoms with Gasteiger partial charge in [-0.1, -0.05) is 36.4 Å². The van der Waals surface area contributed by atoms with Crippen molar-refractivity contribution in [1.82, 2.24) is 4.57 Å². The molecule has 150 valence electrons. The number of hydrogen-bond donors (Lipinski definition) is 1. The van der Waals surface area contributed by atoms with Crippen LogP contribution in [0.4, 0.5) is 0 Å². The first kappa shape index (κ1) is 19.5. The fourth-order valence-electron chi connectivity index (χ4n) is 3.59. The molecule has 0 amide bonds. The van der Waals surface area contributed by atoms with Crippen LogP contribution in [-0.2, 0) is 6.61 Å². The Morgan fingerprint density at radius 3 is 2.33 bits per heavy atom. The van der Waals surface area contributed by atoms with Crippen LogP contribution in [0.1, 0.15) is 27.0 Å². The van der Waals surface area contributed by atoms with E-state index in [1.165, 1.54) is 6.20 Å². The quantitative estimate of drug-likeness (QED) is 0.519. The highest BCUT2D eigenvalue weighted by molar-refractivity contribution is 5.93. The average Bonchev–Trinajstić information content (AvgIpc) is 2.72. The third-order valence-corrected chi connectivity index (χ3v) is 4.94. The number of carbonyl (C=O) groups is 1. The summed E-state index contributed by atoms with van der Waals surface area (Å²) in [6.45, 7) is 4.36. The Hall–Kier alpha value is -3.86. The topological polar surface area (TPSA) is 68.5 Å². The van der Waals surface area contributed by atoms with Crippen molar-refractivity contribution in [3.63, 3.8) is 0 Å². The van der Waals surface area contributed by atoms with Crippen LogP contribution < -0.4 is 10.2 Å². The molecule has 4 rings (SSSR count). The zero-order chi connectivity index (χ0) is 21.3. The fraction of sp³-hybridized carbons (Fsp3) is 0.120. The summed E-state index contributed by atoms with van der Waals surface area (Å²) in [5.74, 6) is -0.642. The number of carboxylic acids is 1. The van der Waals surface area contributed by atoms with Crippen molar-refractivity contribution >= 4 is 16.9 Å². The van der Waals surface area contributed by atoms with E-state index in [9.17, 15) is 14.7 Å². The molecule has 1 N–H and O–H groups in total. The van der Waals surface area contributed by atoms with Crippen LogP contribution in [0.3, 0.4) is 0 Å². The number of aromatic carboxylic acids is 1. The lowest BCUT2D eigenvalue weighted by Gasteiger charge is -2.15. The summed E-state index contributed by atoms with van der Waals surface area (Å²) in [4.78, 5) is 24.4. The van der Waals surface area contributed by atoms with Gasteiger partial charge in [0.2, 0.25) is 5.43 Å². The highest BCUT2D eigenvalue weighted by atomic mass is 16.5. The Kier molecular flexibility index (Phi) is 5.11. The van der Waals surface area contributed by atoms with Crippen molar-refractivity contribution < 1.29 is 14.6 Å². The lowest BCUT2D eigenvalue weighted by Crippen LogP contribution is -2.18. The van der Waals surface area contributed by atoms with Gasteiger partial charge >= 0.3 is 5.97 Å². The molecule has 0 bridgehead atoms. The van der Waals surface area contributed by atoms with E-state index in [4.69, 9.17) is 4.74 Å². The zero-order valence-electron chi connectivity index (χ0n) is 16.8. The predicted octanol–water partition coefficient (Wildman–Crippen LogP) is 4.88. The molecule has 0 atom stereocenters. The third-order valence-electron chi connectivity index (χ3n) is 4.94. The van der Waals surface area contributed by atoms with Crippen molar-refractivity contribution in [3.8, 4) is 11.4 Å². The van der Waals surface area contributed by atoms with E-state index >= 15 is 0 Å². The van der Waals surface area contributed by atoms with E-state index in [-0.39, 0.29) is 5.56 Å². The maximum absolute atomic E-state index is 12.7. The number of pyridine rings is 1. The van der Waals surface area contributed by atoms with Crippen LogP contribution in [0, 0.1) is 13.8 Å². The number of hydrogen-bond acceptors (Lipinski definition) is 3. The summed E-state index contributed by atoms with van der Waals surface area (Å²) in [7, 11) is 0. The van der Waals surface area contributed by atoms with Crippen LogP contribution in [-0.4, -0.2) is 15.6 Å². The summed E-state index contributed by atoms with van der Waals surface area (Å²) >= 11 is 0. The summed E-state index contributed by atoms with van der Waals surface area (Å²) in [5, 5.41) is 9.87. The number of fused-ring (bicyclic) bond motifs is 1. The average molecular weight is 399 g/mol. The molecule has 5 nitrogen and oxygen atoms in total. The standard InChI is InChI=1S/C25H21NO4/c1-16-10-17(2)12-19(11-16)26-14-22(25(28)29)24(27)21-9-8-20(13-23(21)26)30-15-18-6-4-3-5-7-18/h3-14H,15H2,1-2H3,(H,28,29). The van der Waals surface area contributed by atoms with Gasteiger partial charge in [-0.2, -0.15) is 0 Å². The minimum Gasteiger partial charge on any atom is -0.489 e. The Bertz CT molecular complexity index is 1290. The van der Waals surface area contributed by atoms with Gasteiger partial charge < -0.3 is 14.4 Å². The third kappa shape index (κ3) is 3.82. The summed E-state index contributed by atoms with van der Waals surface area (Å²) in [6, 6.07) is 20.9. The first-order chi connectivity index (χ1) is 14.4. The zero-order valence-corrected chi connectivity index (χ0v) is 16.8. The molecule has 0 aliphatic rings. The number of benzene rings is 3. The van der Waals surface area contributed by atoms with Crippen LogP contribution in [0.15, 0.2) is 77.7 Å². The molecule has 0 saturated heterocycles. The highest BCUT2D eigenvalue weighted by Crippen LogP contribution is 2.24. The Morgan fingerprint density at radius 1 is 0.967 bits per heavy atom. The van der Waals surface area contributed by atoms with Crippen LogP contribution in [0.5, 0.6) is 5.75 Å². The van der Waals surface area contributed by atoms with Gasteiger partial charge in [-0.25, -0.2) is 4.79 Å². The molecular weight excluding hydrogens is 378 g/mol. The number of aromatic nitrogens is 1. The monoisotopic (exact) mass is 399 g/mol. The fourth-order valence-corrected chi connectivity index (χ4v) is 3.59. The van der Waals surface area contributed by atoms with Gasteiger partial charge in [0.15, 0.2) is 0 Å². The van der Waals surface area contributed by atoms with Gasteiger partial charge in [0.05, 0.1) is 5.52 Å². The second kappa shape index (κ2) is 7.87. The smallest absolute Gasteiger partial charge is 0.341 e. The Labute approximate surface area is 173 Å². The molecule has 0 spiro atoms. The molecular formula is C25H21NO4. The molecule has 0 aliphatic carbocycles. The van der Waals surface area contributed by atoms with Gasteiger partial charge in [-0.05, 0) is 54.8 Å². The molecule has 0 saturated carbocycles. The minimum absolute atomic E-state index is 0.264. The van der Waals surface area contributed by atoms with E-state index in [2.05, 4.69) is 0 Å². The van der Waals surface area contributed by atoms with Crippen molar-refractivity contribution in [2.45, 2.75) is 20.5 Å². The highest BCUT2D eigenvalue weighted by Gasteiger charge is 2.16. The molecule has 30 heavy (non-hydrogen) atoms.